The van der Waals surface area contributed by atoms with Gasteiger partial charge in [-0.25, -0.2) is 0 Å². The molecule has 0 spiro atoms. The van der Waals surface area contributed by atoms with Crippen LogP contribution in [0.5, 0.6) is 0 Å². The van der Waals surface area contributed by atoms with Crippen molar-refractivity contribution in [3.8, 4) is 0 Å². The van der Waals surface area contributed by atoms with E-state index in [4.69, 9.17) is 0 Å². The second-order valence-electron chi connectivity index (χ2n) is 7.73. The maximum absolute atomic E-state index is 12.6. The molecule has 2 heterocycles. The molecule has 3 rings (SSSR count). The van der Waals surface area contributed by atoms with Crippen molar-refractivity contribution in [3.05, 3.63) is 12.4 Å². The van der Waals surface area contributed by atoms with E-state index in [1.165, 1.54) is 19.3 Å². The summed E-state index contributed by atoms with van der Waals surface area (Å²) < 4.78 is 1.69. The fourth-order valence-corrected chi connectivity index (χ4v) is 3.91. The van der Waals surface area contributed by atoms with Crippen molar-refractivity contribution in [2.24, 2.45) is 12.0 Å². The van der Waals surface area contributed by atoms with Crippen LogP contribution in [0.15, 0.2) is 17.4 Å². The molecule has 2 fully saturated rings. The highest BCUT2D eigenvalue weighted by Gasteiger charge is 2.27. The van der Waals surface area contributed by atoms with Gasteiger partial charge in [0.05, 0.1) is 18.4 Å². The molecule has 1 aromatic rings. The first-order valence-electron chi connectivity index (χ1n) is 10.7. The number of aromatic nitrogens is 2. The lowest BCUT2D eigenvalue weighted by molar-refractivity contribution is -0.122. The van der Waals surface area contributed by atoms with E-state index >= 15 is 0 Å². The number of hydrogen-bond donors (Lipinski definition) is 2. The van der Waals surface area contributed by atoms with Crippen LogP contribution in [0.1, 0.15) is 45.4 Å². The number of nitrogens with one attached hydrogen (secondary N) is 2. The molecule has 9 nitrogen and oxygen atoms in total. The van der Waals surface area contributed by atoms with Gasteiger partial charge in [-0.2, -0.15) is 5.10 Å². The van der Waals surface area contributed by atoms with E-state index in [9.17, 15) is 9.59 Å². The van der Waals surface area contributed by atoms with E-state index in [2.05, 4.69) is 20.7 Å². The van der Waals surface area contributed by atoms with Gasteiger partial charge in [0.15, 0.2) is 5.96 Å². The molecule has 0 atom stereocenters. The molecule has 160 valence electrons. The number of carbonyl (C=O) groups excluding carboxylic acids is 2. The highest BCUT2D eigenvalue weighted by atomic mass is 16.2. The molecule has 2 N–H and O–H groups in total. The molecule has 0 bridgehead atoms. The van der Waals surface area contributed by atoms with Crippen molar-refractivity contribution in [2.45, 2.75) is 51.5 Å². The molecule has 0 unspecified atom stereocenters. The SMILES string of the molecule is CCNC(=NCCC(=O)NC1CCCCC1)N1CCN(c2cnn(C)c2)C(=O)C1. The van der Waals surface area contributed by atoms with E-state index < -0.39 is 0 Å². The van der Waals surface area contributed by atoms with Gasteiger partial charge in [0.1, 0.15) is 6.54 Å². The summed E-state index contributed by atoms with van der Waals surface area (Å²) in [6.07, 6.45) is 9.77. The molecule has 1 aromatic heterocycles. The van der Waals surface area contributed by atoms with Crippen LogP contribution in [0, 0.1) is 0 Å². The Labute approximate surface area is 172 Å². The smallest absolute Gasteiger partial charge is 0.246 e. The average Bonchev–Trinajstić information content (AvgIpc) is 3.14. The summed E-state index contributed by atoms with van der Waals surface area (Å²) in [4.78, 5) is 33.1. The average molecular weight is 404 g/mol. The highest BCUT2D eigenvalue weighted by Crippen LogP contribution is 2.18. The summed E-state index contributed by atoms with van der Waals surface area (Å²) >= 11 is 0. The second-order valence-corrected chi connectivity index (χ2v) is 7.73. The standard InChI is InChI=1S/C20H33N7O2/c1-3-21-20(22-10-9-18(28)24-16-7-5-4-6-8-16)26-11-12-27(19(29)15-26)17-13-23-25(2)14-17/h13-14,16H,3-12,15H2,1-2H3,(H,21,22)(H,24,28). The number of aliphatic imine (C=N–C) groups is 1. The minimum atomic E-state index is 0.0184. The van der Waals surface area contributed by atoms with Gasteiger partial charge in [-0.15, -0.1) is 0 Å². The molecular formula is C20H33N7O2. The summed E-state index contributed by atoms with van der Waals surface area (Å²) in [6.45, 7) is 4.65. The Bertz CT molecular complexity index is 724. The Hall–Kier alpha value is -2.58. The zero-order chi connectivity index (χ0) is 20.6. The van der Waals surface area contributed by atoms with Gasteiger partial charge in [-0.1, -0.05) is 19.3 Å². The summed E-state index contributed by atoms with van der Waals surface area (Å²) in [7, 11) is 1.84. The van der Waals surface area contributed by atoms with E-state index in [1.54, 1.807) is 15.8 Å². The van der Waals surface area contributed by atoms with Gasteiger partial charge in [0.25, 0.3) is 0 Å². The number of nitrogens with zero attached hydrogens (tertiary/aromatic N) is 5. The molecule has 0 aromatic carbocycles. The maximum atomic E-state index is 12.6. The van der Waals surface area contributed by atoms with Crippen molar-refractivity contribution in [3.63, 3.8) is 0 Å². The van der Waals surface area contributed by atoms with Crippen molar-refractivity contribution >= 4 is 23.5 Å². The lowest BCUT2D eigenvalue weighted by Gasteiger charge is -2.35. The number of piperazine rings is 1. The van der Waals surface area contributed by atoms with Crippen molar-refractivity contribution < 1.29 is 9.59 Å². The topological polar surface area (TPSA) is 94.9 Å². The minimum Gasteiger partial charge on any atom is -0.357 e. The molecule has 1 aliphatic heterocycles. The minimum absolute atomic E-state index is 0.0184. The third-order valence-corrected chi connectivity index (χ3v) is 5.43. The summed E-state index contributed by atoms with van der Waals surface area (Å²) in [5.41, 5.74) is 0.818. The molecule has 29 heavy (non-hydrogen) atoms. The Balaban J connectivity index is 1.51. The Morgan fingerprint density at radius 2 is 2.07 bits per heavy atom. The van der Waals surface area contributed by atoms with Crippen molar-refractivity contribution in [1.82, 2.24) is 25.3 Å². The fraction of sp³-hybridized carbons (Fsp3) is 0.700. The van der Waals surface area contributed by atoms with Crippen LogP contribution in [0.25, 0.3) is 0 Å². The Kier molecular flexibility index (Phi) is 7.48. The van der Waals surface area contributed by atoms with Crippen LogP contribution in [0.4, 0.5) is 5.69 Å². The number of carbonyl (C=O) groups is 2. The van der Waals surface area contributed by atoms with E-state index in [0.717, 1.165) is 18.5 Å². The van der Waals surface area contributed by atoms with Crippen LogP contribution in [0.2, 0.25) is 0 Å². The third-order valence-electron chi connectivity index (χ3n) is 5.43. The first-order chi connectivity index (χ1) is 14.1. The molecule has 9 heteroatoms. The third kappa shape index (κ3) is 5.95. The summed E-state index contributed by atoms with van der Waals surface area (Å²) in [5, 5.41) is 10.5. The number of aryl methyl sites for hydroxylation is 1. The van der Waals surface area contributed by atoms with Crippen molar-refractivity contribution in [1.29, 1.82) is 0 Å². The Morgan fingerprint density at radius 1 is 1.28 bits per heavy atom. The monoisotopic (exact) mass is 403 g/mol. The number of hydrogen-bond acceptors (Lipinski definition) is 4. The van der Waals surface area contributed by atoms with Crippen LogP contribution < -0.4 is 15.5 Å². The van der Waals surface area contributed by atoms with Crippen LogP contribution in [-0.2, 0) is 16.6 Å². The quantitative estimate of drug-likeness (QED) is 0.543. The molecule has 2 amide bonds. The number of guanidine groups is 1. The molecular weight excluding hydrogens is 370 g/mol. The van der Waals surface area contributed by atoms with E-state index in [1.807, 2.05) is 25.1 Å². The summed E-state index contributed by atoms with van der Waals surface area (Å²) in [6, 6.07) is 0.326. The first-order valence-corrected chi connectivity index (χ1v) is 10.7. The maximum Gasteiger partial charge on any atom is 0.246 e. The van der Waals surface area contributed by atoms with E-state index in [0.29, 0.717) is 44.6 Å². The van der Waals surface area contributed by atoms with Gasteiger partial charge in [-0.05, 0) is 19.8 Å². The molecule has 1 saturated carbocycles. The number of anilines is 1. The largest absolute Gasteiger partial charge is 0.357 e. The van der Waals surface area contributed by atoms with Crippen molar-refractivity contribution in [2.75, 3.05) is 37.6 Å². The predicted molar refractivity (Wildman–Crippen MR) is 113 cm³/mol. The molecule has 1 saturated heterocycles. The zero-order valence-electron chi connectivity index (χ0n) is 17.6. The fourth-order valence-electron chi connectivity index (χ4n) is 3.91. The molecule has 1 aliphatic carbocycles. The van der Waals surface area contributed by atoms with Crippen LogP contribution in [-0.4, -0.2) is 71.2 Å². The highest BCUT2D eigenvalue weighted by molar-refractivity contribution is 5.98. The van der Waals surface area contributed by atoms with Gasteiger partial charge in [0, 0.05) is 45.3 Å². The van der Waals surface area contributed by atoms with E-state index in [-0.39, 0.29) is 18.4 Å². The van der Waals surface area contributed by atoms with Gasteiger partial charge >= 0.3 is 0 Å². The number of amides is 2. The lowest BCUT2D eigenvalue weighted by Crippen LogP contribution is -2.55. The lowest BCUT2D eigenvalue weighted by atomic mass is 9.95. The van der Waals surface area contributed by atoms with Gasteiger partial charge in [0.2, 0.25) is 11.8 Å². The van der Waals surface area contributed by atoms with Gasteiger partial charge in [-0.3, -0.25) is 19.3 Å². The summed E-state index contributed by atoms with van der Waals surface area (Å²) in [5.74, 6) is 0.774. The van der Waals surface area contributed by atoms with Crippen LogP contribution in [0.3, 0.4) is 0 Å². The predicted octanol–water partition coefficient (Wildman–Crippen LogP) is 0.873. The van der Waals surface area contributed by atoms with Crippen LogP contribution >= 0.6 is 0 Å². The number of rotatable bonds is 6. The zero-order valence-corrected chi connectivity index (χ0v) is 17.6. The van der Waals surface area contributed by atoms with Gasteiger partial charge < -0.3 is 20.4 Å². The first kappa shape index (κ1) is 21.1. The second kappa shape index (κ2) is 10.3. The Morgan fingerprint density at radius 3 is 2.72 bits per heavy atom. The molecule has 2 aliphatic rings. The molecule has 0 radical (unpaired) electrons. The normalized spacial score (nSPS) is 18.8.